The lowest BCUT2D eigenvalue weighted by Gasteiger charge is -2.25. The molecule has 0 bridgehead atoms. The molecule has 6 rings (SSSR count). The van der Waals surface area contributed by atoms with E-state index in [1.165, 1.54) is 17.0 Å². The number of nitrogens with two attached hydrogens (primary N) is 1. The van der Waals surface area contributed by atoms with E-state index in [1.54, 1.807) is 0 Å². The van der Waals surface area contributed by atoms with Crippen molar-refractivity contribution in [2.75, 3.05) is 18.9 Å². The van der Waals surface area contributed by atoms with Gasteiger partial charge in [-0.05, 0) is 0 Å². The summed E-state index contributed by atoms with van der Waals surface area (Å²) in [6.07, 6.45) is -5.40. The maximum Gasteiger partial charge on any atom is 0.386 e. The molecular weight excluding hydrogens is 671 g/mol. The number of rotatable bonds is 10. The molecule has 0 aromatic carbocycles. The Labute approximate surface area is 255 Å². The maximum atomic E-state index is 15.4. The van der Waals surface area contributed by atoms with Crippen LogP contribution in [0.2, 0.25) is 0 Å². The molecule has 9 atom stereocenters. The van der Waals surface area contributed by atoms with Gasteiger partial charge in [0.25, 0.3) is 11.1 Å². The number of thiol groups is 2. The number of aromatic amines is 2. The van der Waals surface area contributed by atoms with Crippen molar-refractivity contribution in [3.8, 4) is 0 Å². The Morgan fingerprint density at radius 1 is 1.25 bits per heavy atom. The number of aliphatic hydroxyl groups is 1. The number of ether oxygens (including phenoxy) is 2. The van der Waals surface area contributed by atoms with Gasteiger partial charge in [0, 0.05) is 6.42 Å². The summed E-state index contributed by atoms with van der Waals surface area (Å²) in [6, 6.07) is 0. The van der Waals surface area contributed by atoms with Gasteiger partial charge in [-0.2, -0.15) is 10.1 Å². The molecule has 0 saturated carbocycles. The minimum absolute atomic E-state index is 0.0164. The summed E-state index contributed by atoms with van der Waals surface area (Å²) in [5.74, 6) is -0.250. The zero-order chi connectivity index (χ0) is 31.3. The molecule has 5 N–H and O–H groups in total. The van der Waals surface area contributed by atoms with E-state index in [2.05, 4.69) is 54.5 Å². The Morgan fingerprint density at radius 3 is 2.80 bits per heavy atom. The molecule has 2 aliphatic rings. The van der Waals surface area contributed by atoms with Gasteiger partial charge in [0.1, 0.15) is 30.7 Å². The summed E-state index contributed by atoms with van der Waals surface area (Å²) in [7, 11) is -2.77. The average Bonchev–Trinajstić information content (AvgIpc) is 3.73. The summed E-state index contributed by atoms with van der Waals surface area (Å²) in [6.45, 7) is -5.68. The lowest BCUT2D eigenvalue weighted by molar-refractivity contribution is -0.0486. The molecule has 2 saturated heterocycles. The highest BCUT2D eigenvalue weighted by molar-refractivity contribution is 8.44. The van der Waals surface area contributed by atoms with Gasteiger partial charge in [0.05, 0.1) is 37.5 Å². The molecule has 2 fully saturated rings. The zero-order valence-corrected chi connectivity index (χ0v) is 25.7. The first-order valence-corrected chi connectivity index (χ1v) is 18.0. The molecule has 0 aliphatic carbocycles. The first kappa shape index (κ1) is 31.3. The topological polar surface area (TPSA) is 253 Å². The van der Waals surface area contributed by atoms with E-state index in [0.29, 0.717) is 5.69 Å². The molecular formula is C20H24FN9O10P2S2. The highest BCUT2D eigenvalue weighted by Gasteiger charge is 2.50. The number of halogens is 1. The highest BCUT2D eigenvalue weighted by Crippen LogP contribution is 2.57. The SMILES string of the molecule is Nc1nc2c(ncn2[C@@H]2O[C@H](CO)[C@@H](F)[C@H]2OP(=O)(S)OC[C@H]2O[C@@H](c3cnc4c(=O)[nH]cnn34)C[C@@H]2O[PH](=O)S)c(=O)[nH]1. The number of nitrogens with zero attached hydrogens (tertiary/aromatic N) is 6. The molecule has 24 heteroatoms. The first-order chi connectivity index (χ1) is 21.0. The van der Waals surface area contributed by atoms with Crippen molar-refractivity contribution in [1.29, 1.82) is 0 Å². The Balaban J connectivity index is 1.21. The molecule has 19 nitrogen and oxygen atoms in total. The summed E-state index contributed by atoms with van der Waals surface area (Å²) < 4.78 is 71.1. The Kier molecular flexibility index (Phi) is 8.74. The lowest BCUT2D eigenvalue weighted by atomic mass is 10.1. The monoisotopic (exact) mass is 695 g/mol. The smallest absolute Gasteiger partial charge is 0.386 e. The Bertz CT molecular complexity index is 1890. The number of nitrogen functional groups attached to an aromatic ring is 1. The Morgan fingerprint density at radius 2 is 2.05 bits per heavy atom. The molecule has 2 unspecified atom stereocenters. The van der Waals surface area contributed by atoms with Crippen molar-refractivity contribution in [2.24, 2.45) is 0 Å². The number of imidazole rings is 2. The highest BCUT2D eigenvalue weighted by atomic mass is 32.7. The second kappa shape index (κ2) is 12.3. The van der Waals surface area contributed by atoms with Crippen molar-refractivity contribution < 1.29 is 41.7 Å². The standard InChI is InChI=1S/C20H24FN9O10P2S2/c21-12-10(3-31)38-19(29-6-25-13-15(29)27-20(22)28-17(13)32)14(12)40-42(35,44)36-4-11-9(39-41(34)43)1-8(37-11)7-2-23-16-18(33)24-5-26-30(7)16/h2,5-6,8-12,14,19,31,41H,1,3-4H2,(H,34,43)(H,35,44)(H,24,26,33)(H3,22,27,28,32)/t8-,9+,10-,11-,12-,14-,19-,42?/m1/s1. The summed E-state index contributed by atoms with van der Waals surface area (Å²) in [4.78, 5) is 41.0. The molecule has 2 aliphatic heterocycles. The quantitative estimate of drug-likeness (QED) is 0.0966. The minimum atomic E-state index is -4.43. The van der Waals surface area contributed by atoms with Gasteiger partial charge in [-0.1, -0.05) is 24.5 Å². The van der Waals surface area contributed by atoms with E-state index in [-0.39, 0.29) is 29.2 Å². The van der Waals surface area contributed by atoms with Crippen LogP contribution in [0.25, 0.3) is 16.8 Å². The van der Waals surface area contributed by atoms with E-state index in [1.807, 2.05) is 0 Å². The predicted molar refractivity (Wildman–Crippen MR) is 155 cm³/mol. The number of H-pyrrole nitrogens is 2. The third-order valence-corrected chi connectivity index (χ3v) is 9.38. The minimum Gasteiger partial charge on any atom is -0.394 e. The van der Waals surface area contributed by atoms with Crippen LogP contribution in [0.1, 0.15) is 24.4 Å². The van der Waals surface area contributed by atoms with Crippen molar-refractivity contribution in [3.63, 3.8) is 0 Å². The largest absolute Gasteiger partial charge is 0.394 e. The lowest BCUT2D eigenvalue weighted by Crippen LogP contribution is -2.32. The second-order valence-corrected chi connectivity index (χ2v) is 14.4. The third kappa shape index (κ3) is 5.98. The van der Waals surface area contributed by atoms with Crippen LogP contribution < -0.4 is 16.9 Å². The van der Waals surface area contributed by atoms with Crippen molar-refractivity contribution in [3.05, 3.63) is 45.3 Å². The first-order valence-electron chi connectivity index (χ1n) is 12.7. The van der Waals surface area contributed by atoms with E-state index >= 15 is 4.39 Å². The van der Waals surface area contributed by atoms with Crippen molar-refractivity contribution in [1.82, 2.24) is 39.1 Å². The van der Waals surface area contributed by atoms with Crippen LogP contribution in [0.15, 0.2) is 28.4 Å². The molecule has 44 heavy (non-hydrogen) atoms. The molecule has 6 heterocycles. The molecule has 4 aromatic heterocycles. The van der Waals surface area contributed by atoms with Crippen LogP contribution in [0.3, 0.4) is 0 Å². The van der Waals surface area contributed by atoms with Gasteiger partial charge >= 0.3 is 6.80 Å². The van der Waals surface area contributed by atoms with E-state index < -0.39 is 81.3 Å². The molecule has 4 aromatic rings. The number of anilines is 1. The fourth-order valence-corrected chi connectivity index (χ4v) is 7.40. The van der Waals surface area contributed by atoms with E-state index in [9.17, 15) is 23.8 Å². The fraction of sp³-hybridized carbons (Fsp3) is 0.500. The average molecular weight is 696 g/mol. The van der Waals surface area contributed by atoms with Gasteiger partial charge in [0.2, 0.25) is 18.8 Å². The number of nitrogens with one attached hydrogen (secondary N) is 2. The number of aromatic nitrogens is 8. The third-order valence-electron chi connectivity index (χ3n) is 6.94. The second-order valence-electron chi connectivity index (χ2n) is 9.66. The van der Waals surface area contributed by atoms with E-state index in [4.69, 9.17) is 28.8 Å². The van der Waals surface area contributed by atoms with Crippen molar-refractivity contribution >= 4 is 61.3 Å². The van der Waals surface area contributed by atoms with Crippen LogP contribution in [-0.4, -0.2) is 88.0 Å². The van der Waals surface area contributed by atoms with E-state index in [0.717, 1.165) is 10.9 Å². The van der Waals surface area contributed by atoms with Gasteiger partial charge in [-0.15, -0.1) is 0 Å². The van der Waals surface area contributed by atoms with Crippen LogP contribution >= 0.6 is 38.5 Å². The van der Waals surface area contributed by atoms with Crippen LogP contribution in [0.5, 0.6) is 0 Å². The molecule has 238 valence electrons. The number of hydrogen-bond donors (Lipinski definition) is 6. The fourth-order valence-electron chi connectivity index (χ4n) is 5.03. The van der Waals surface area contributed by atoms with Crippen LogP contribution in [0.4, 0.5) is 10.3 Å². The van der Waals surface area contributed by atoms with Crippen LogP contribution in [-0.2, 0) is 32.2 Å². The zero-order valence-electron chi connectivity index (χ0n) is 22.0. The van der Waals surface area contributed by atoms with Crippen LogP contribution in [0, 0.1) is 0 Å². The molecule has 0 spiro atoms. The molecule has 0 amide bonds. The Hall–Kier alpha value is -2.65. The number of hydrogen-bond acceptors (Lipinski definition) is 15. The van der Waals surface area contributed by atoms with Gasteiger partial charge in [0.15, 0.2) is 23.6 Å². The molecule has 0 radical (unpaired) electrons. The predicted octanol–water partition coefficient (Wildman–Crippen LogP) is 0.335. The number of fused-ring (bicyclic) bond motifs is 2. The normalized spacial score (nSPS) is 29.4. The summed E-state index contributed by atoms with van der Waals surface area (Å²) >= 11 is 7.84. The number of aliphatic hydroxyl groups excluding tert-OH is 1. The van der Waals surface area contributed by atoms with Gasteiger partial charge in [-0.3, -0.25) is 32.8 Å². The summed E-state index contributed by atoms with van der Waals surface area (Å²) in [5, 5.41) is 13.7. The summed E-state index contributed by atoms with van der Waals surface area (Å²) in [5.41, 5.74) is 4.68. The van der Waals surface area contributed by atoms with Gasteiger partial charge in [-0.25, -0.2) is 23.4 Å². The maximum absolute atomic E-state index is 15.4. The number of alkyl halides is 1. The van der Waals surface area contributed by atoms with Crippen molar-refractivity contribution in [2.45, 2.75) is 49.3 Å². The van der Waals surface area contributed by atoms with Gasteiger partial charge < -0.3 is 29.8 Å².